The van der Waals surface area contributed by atoms with E-state index in [1.165, 1.54) is 0 Å². The van der Waals surface area contributed by atoms with Crippen molar-refractivity contribution >= 4 is 5.78 Å². The molecule has 7 heteroatoms. The number of rotatable bonds is 4. The molecule has 0 atom stereocenters. The second-order valence-electron chi connectivity index (χ2n) is 4.74. The molecule has 2 saturated carbocycles. The largest absolute Gasteiger partial charge is 2.00 e. The molecule has 2 aliphatic carbocycles. The first-order chi connectivity index (χ1) is 11.1. The number of aromatic amines is 1. The summed E-state index contributed by atoms with van der Waals surface area (Å²) < 4.78 is 13.9. The third-order valence-electron chi connectivity index (χ3n) is 3.09. The molecule has 0 aromatic carbocycles. The van der Waals surface area contributed by atoms with Crippen LogP contribution in [0.15, 0.2) is 15.8 Å². The Morgan fingerprint density at radius 1 is 1.00 bits per heavy atom. The van der Waals surface area contributed by atoms with Crippen LogP contribution in [0.3, 0.4) is 0 Å². The van der Waals surface area contributed by atoms with Crippen molar-refractivity contribution in [2.45, 2.75) is 13.0 Å². The number of nitrogens with one attached hydrogen (secondary N) is 1. The molecule has 0 spiro atoms. The molecule has 0 unspecified atom stereocenters. The van der Waals surface area contributed by atoms with E-state index in [0.29, 0.717) is 5.92 Å². The molecular formula is C17H15FFeN2O3+2. The molecule has 0 aliphatic heterocycles. The molecule has 3 rings (SSSR count). The summed E-state index contributed by atoms with van der Waals surface area (Å²) in [6.45, 7) is 0.0244. The third-order valence-corrected chi connectivity index (χ3v) is 3.09. The fourth-order valence-corrected chi connectivity index (χ4v) is 1.90. The summed E-state index contributed by atoms with van der Waals surface area (Å²) in [4.78, 5) is 35.6. The number of carbonyl (C=O) groups excluding carboxylic acids is 1. The molecular weight excluding hydrogens is 355 g/mol. The van der Waals surface area contributed by atoms with Gasteiger partial charge in [0.15, 0.2) is 0 Å². The van der Waals surface area contributed by atoms with Crippen molar-refractivity contribution < 1.29 is 26.3 Å². The van der Waals surface area contributed by atoms with Crippen LogP contribution in [0.2, 0.25) is 0 Å². The van der Waals surface area contributed by atoms with Gasteiger partial charge in [-0.05, 0) is 57.8 Å². The molecule has 24 heavy (non-hydrogen) atoms. The fourth-order valence-electron chi connectivity index (χ4n) is 1.90. The van der Waals surface area contributed by atoms with Crippen molar-refractivity contribution in [2.24, 2.45) is 0 Å². The second-order valence-corrected chi connectivity index (χ2v) is 4.74. The van der Waals surface area contributed by atoms with E-state index in [1.807, 2.05) is 37.1 Å². The monoisotopic (exact) mass is 370 g/mol. The van der Waals surface area contributed by atoms with Gasteiger partial charge in [-0.3, -0.25) is 19.1 Å². The average Bonchev–Trinajstić information content (AvgIpc) is 3.25. The zero-order valence-corrected chi connectivity index (χ0v) is 13.7. The maximum absolute atomic E-state index is 13.0. The Kier molecular flexibility index (Phi) is 9.22. The predicted molar refractivity (Wildman–Crippen MR) is 82.8 cm³/mol. The number of nitrogens with zero attached hydrogens (tertiary/aromatic N) is 1. The summed E-state index contributed by atoms with van der Waals surface area (Å²) in [5.41, 5.74) is -1.78. The minimum atomic E-state index is -1.06. The molecule has 0 amide bonds. The van der Waals surface area contributed by atoms with Crippen molar-refractivity contribution in [1.82, 2.24) is 9.55 Å². The smallest absolute Gasteiger partial charge is 0.299 e. The number of H-pyrrole nitrogens is 1. The maximum Gasteiger partial charge on any atom is 2.00 e. The number of carbonyl (C=O) groups is 1. The predicted octanol–water partition coefficient (Wildman–Crippen LogP) is 1.06. The fraction of sp³-hybridized carbons (Fsp3) is 0.118. The van der Waals surface area contributed by atoms with E-state index in [0.717, 1.165) is 10.8 Å². The third kappa shape index (κ3) is 6.36. The summed E-state index contributed by atoms with van der Waals surface area (Å²) in [5.74, 6) is -0.637. The van der Waals surface area contributed by atoms with Crippen LogP contribution in [0, 0.1) is 69.5 Å². The Hall–Kier alpha value is -1.20. The molecule has 2 fully saturated rings. The number of ketones is 1. The average molecular weight is 370 g/mol. The van der Waals surface area contributed by atoms with Crippen molar-refractivity contribution in [1.29, 1.82) is 0 Å². The number of aromatic nitrogens is 2. The molecule has 124 valence electrons. The summed E-state index contributed by atoms with van der Waals surface area (Å²) >= 11 is 0. The van der Waals surface area contributed by atoms with Crippen molar-refractivity contribution in [3.05, 3.63) is 96.6 Å². The summed E-state index contributed by atoms with van der Waals surface area (Å²) in [6.07, 6.45) is 17.7. The van der Waals surface area contributed by atoms with E-state index in [4.69, 9.17) is 0 Å². The second kappa shape index (κ2) is 10.6. The van der Waals surface area contributed by atoms with E-state index < -0.39 is 17.1 Å². The van der Waals surface area contributed by atoms with Gasteiger partial charge in [-0.25, -0.2) is 4.79 Å². The molecule has 1 N–H and O–H groups in total. The SMILES string of the molecule is O=C(CCn1cc(F)c(=O)[nH]c1=O)[C]1[CH][CH][CH][CH]1.[CH]1[CH][CH][CH][CH]1.[Fe+2]. The standard InChI is InChI=1S/C12H10FN2O3.C5H5.Fe/c13-9-7-15(12(18)14-11(9)17)6-5-10(16)8-3-1-2-4-8;1-2-4-5-3-1;/h1-4,7H,5-6H2,(H,14,17,18);1-5H;/q;;+2. The van der Waals surface area contributed by atoms with Gasteiger partial charge in [0.2, 0.25) is 5.82 Å². The van der Waals surface area contributed by atoms with E-state index in [2.05, 4.69) is 0 Å². The van der Waals surface area contributed by atoms with Crippen LogP contribution in [0.5, 0.6) is 0 Å². The van der Waals surface area contributed by atoms with Gasteiger partial charge in [0.25, 0.3) is 5.56 Å². The summed E-state index contributed by atoms with van der Waals surface area (Å²) in [5, 5.41) is 0. The van der Waals surface area contributed by atoms with E-state index >= 15 is 0 Å². The minimum Gasteiger partial charge on any atom is -0.299 e. The maximum atomic E-state index is 13.0. The summed E-state index contributed by atoms with van der Waals surface area (Å²) in [7, 11) is 0. The first-order valence-electron chi connectivity index (χ1n) is 6.99. The number of hydrogen-bond donors (Lipinski definition) is 1. The van der Waals surface area contributed by atoms with Gasteiger partial charge >= 0.3 is 22.8 Å². The Morgan fingerprint density at radius 3 is 2.08 bits per heavy atom. The van der Waals surface area contributed by atoms with Gasteiger partial charge in [-0.15, -0.1) is 0 Å². The van der Waals surface area contributed by atoms with Gasteiger partial charge in [-0.2, -0.15) is 4.39 Å². The Balaban J connectivity index is 0.000000412. The van der Waals surface area contributed by atoms with Crippen LogP contribution in [0.1, 0.15) is 6.42 Å². The van der Waals surface area contributed by atoms with Crippen molar-refractivity contribution in [2.75, 3.05) is 0 Å². The minimum absolute atomic E-state index is 0. The molecule has 0 bridgehead atoms. The molecule has 2 aliphatic rings. The number of hydrogen-bond acceptors (Lipinski definition) is 3. The van der Waals surface area contributed by atoms with Crippen LogP contribution >= 0.6 is 0 Å². The van der Waals surface area contributed by atoms with Gasteiger partial charge in [0, 0.05) is 18.9 Å². The zero-order chi connectivity index (χ0) is 16.7. The van der Waals surface area contributed by atoms with Crippen LogP contribution in [-0.4, -0.2) is 15.3 Å². The van der Waals surface area contributed by atoms with Gasteiger partial charge < -0.3 is 0 Å². The Bertz CT molecular complexity index is 624. The van der Waals surface area contributed by atoms with Crippen molar-refractivity contribution in [3.63, 3.8) is 0 Å². The normalized spacial score (nSPS) is 17.0. The van der Waals surface area contributed by atoms with Gasteiger partial charge in [0.05, 0.1) is 6.20 Å². The van der Waals surface area contributed by atoms with Crippen LogP contribution in [-0.2, 0) is 28.4 Å². The quantitative estimate of drug-likeness (QED) is 0.806. The first-order valence-corrected chi connectivity index (χ1v) is 6.99. The van der Waals surface area contributed by atoms with E-state index in [1.54, 1.807) is 25.7 Å². The topological polar surface area (TPSA) is 71.9 Å². The molecule has 10 radical (unpaired) electrons. The molecule has 0 saturated heterocycles. The van der Waals surface area contributed by atoms with Gasteiger partial charge in [0.1, 0.15) is 5.78 Å². The Labute approximate surface area is 151 Å². The van der Waals surface area contributed by atoms with Crippen LogP contribution in [0.25, 0.3) is 0 Å². The Morgan fingerprint density at radius 2 is 1.54 bits per heavy atom. The van der Waals surface area contributed by atoms with E-state index in [9.17, 15) is 18.8 Å². The van der Waals surface area contributed by atoms with Crippen LogP contribution < -0.4 is 11.2 Å². The van der Waals surface area contributed by atoms with Crippen LogP contribution in [0.4, 0.5) is 4.39 Å². The molecule has 1 aromatic rings. The number of halogens is 1. The molecule has 5 nitrogen and oxygen atoms in total. The van der Waals surface area contributed by atoms with Gasteiger partial charge in [-0.1, -0.05) is 0 Å². The first kappa shape index (κ1) is 20.8. The zero-order valence-electron chi connectivity index (χ0n) is 12.6. The molecule has 1 heterocycles. The molecule has 1 aromatic heterocycles. The number of Topliss-reactive ketones (excluding diaryl/α,β-unsaturated/α-hetero) is 1. The number of aryl methyl sites for hydroxylation is 1. The van der Waals surface area contributed by atoms with Crippen molar-refractivity contribution in [3.8, 4) is 0 Å². The summed E-state index contributed by atoms with van der Waals surface area (Å²) in [6, 6.07) is 0. The van der Waals surface area contributed by atoms with E-state index in [-0.39, 0.29) is 35.8 Å².